The van der Waals surface area contributed by atoms with E-state index in [0.29, 0.717) is 42.2 Å². The van der Waals surface area contributed by atoms with Crippen molar-refractivity contribution in [2.45, 2.75) is 17.1 Å². The maximum Gasteiger partial charge on any atom is 0.316 e. The van der Waals surface area contributed by atoms with Crippen LogP contribution in [0.25, 0.3) is 0 Å². The predicted octanol–water partition coefficient (Wildman–Crippen LogP) is 2.85. The number of carboxylic acid groups (broad SMARTS) is 1. The van der Waals surface area contributed by atoms with E-state index in [1.165, 1.54) is 0 Å². The number of thioether (sulfide) groups is 1. The first-order chi connectivity index (χ1) is 13.5. The molecule has 0 aromatic heterocycles. The number of piperazine rings is 1. The number of hydrogen-bond donors (Lipinski definition) is 1. The normalized spacial score (nSPS) is 15.2. The maximum atomic E-state index is 13.0. The monoisotopic (exact) mass is 398 g/mol. The van der Waals surface area contributed by atoms with E-state index in [1.54, 1.807) is 53.1 Å². The summed E-state index contributed by atoms with van der Waals surface area (Å²) in [6.45, 7) is 3.44. The molecule has 1 atom stereocenters. The minimum Gasteiger partial charge on any atom is -0.480 e. The molecule has 6 nitrogen and oxygen atoms in total. The molecule has 0 spiro atoms. The highest BCUT2D eigenvalue weighted by atomic mass is 32.2. The van der Waals surface area contributed by atoms with Crippen LogP contribution in [0.15, 0.2) is 59.5 Å². The predicted molar refractivity (Wildman–Crippen MR) is 108 cm³/mol. The molecule has 1 aliphatic heterocycles. The van der Waals surface area contributed by atoms with Gasteiger partial charge in [0.15, 0.2) is 0 Å². The molecular formula is C21H22N2O4S. The molecule has 1 N–H and O–H groups in total. The minimum absolute atomic E-state index is 0.0288. The Morgan fingerprint density at radius 2 is 1.39 bits per heavy atom. The molecule has 28 heavy (non-hydrogen) atoms. The number of carbonyl (C=O) groups excluding carboxylic acids is 2. The van der Waals surface area contributed by atoms with Gasteiger partial charge in [0, 0.05) is 36.6 Å². The molecule has 1 fully saturated rings. The largest absolute Gasteiger partial charge is 0.480 e. The van der Waals surface area contributed by atoms with Crippen LogP contribution >= 0.6 is 11.8 Å². The standard InChI is InChI=1S/C21H22N2O4S/c1-15(21(26)27)28-18-10-6-5-9-17(18)20(25)23-13-11-22(12-14-23)19(24)16-7-3-2-4-8-16/h2-10,15H,11-14H2,1H3,(H,26,27). The first-order valence-electron chi connectivity index (χ1n) is 9.09. The Morgan fingerprint density at radius 3 is 2.00 bits per heavy atom. The van der Waals surface area contributed by atoms with Crippen molar-refractivity contribution in [2.24, 2.45) is 0 Å². The minimum atomic E-state index is -0.916. The highest BCUT2D eigenvalue weighted by Crippen LogP contribution is 2.28. The third-order valence-corrected chi connectivity index (χ3v) is 5.81. The van der Waals surface area contributed by atoms with Crippen LogP contribution in [0.4, 0.5) is 0 Å². The van der Waals surface area contributed by atoms with E-state index in [-0.39, 0.29) is 11.8 Å². The van der Waals surface area contributed by atoms with Gasteiger partial charge in [-0.2, -0.15) is 0 Å². The van der Waals surface area contributed by atoms with E-state index in [1.807, 2.05) is 18.2 Å². The summed E-state index contributed by atoms with van der Waals surface area (Å²) in [6.07, 6.45) is 0. The van der Waals surface area contributed by atoms with Gasteiger partial charge in [-0.05, 0) is 31.2 Å². The molecule has 1 aliphatic rings. The molecule has 0 aliphatic carbocycles. The smallest absolute Gasteiger partial charge is 0.316 e. The van der Waals surface area contributed by atoms with Gasteiger partial charge in [-0.15, -0.1) is 11.8 Å². The third kappa shape index (κ3) is 4.54. The summed E-state index contributed by atoms with van der Waals surface area (Å²) in [4.78, 5) is 40.8. The first kappa shape index (κ1) is 19.9. The van der Waals surface area contributed by atoms with Gasteiger partial charge in [0.05, 0.1) is 5.56 Å². The Bertz CT molecular complexity index is 864. The van der Waals surface area contributed by atoms with Gasteiger partial charge in [0.1, 0.15) is 5.25 Å². The average Bonchev–Trinajstić information content (AvgIpc) is 2.74. The van der Waals surface area contributed by atoms with Crippen molar-refractivity contribution >= 4 is 29.5 Å². The van der Waals surface area contributed by atoms with Crippen molar-refractivity contribution in [1.29, 1.82) is 0 Å². The van der Waals surface area contributed by atoms with Gasteiger partial charge in [0.25, 0.3) is 11.8 Å². The average molecular weight is 398 g/mol. The maximum absolute atomic E-state index is 13.0. The number of nitrogens with zero attached hydrogens (tertiary/aromatic N) is 2. The van der Waals surface area contributed by atoms with Crippen LogP contribution in [-0.2, 0) is 4.79 Å². The molecule has 1 unspecified atom stereocenters. The van der Waals surface area contributed by atoms with Gasteiger partial charge >= 0.3 is 5.97 Å². The SMILES string of the molecule is CC(Sc1ccccc1C(=O)N1CCN(C(=O)c2ccccc2)CC1)C(=O)O. The number of carbonyl (C=O) groups is 3. The lowest BCUT2D eigenvalue weighted by molar-refractivity contribution is -0.136. The molecule has 1 heterocycles. The van der Waals surface area contributed by atoms with Crippen LogP contribution < -0.4 is 0 Å². The zero-order valence-electron chi connectivity index (χ0n) is 15.6. The van der Waals surface area contributed by atoms with Crippen LogP contribution in [0.2, 0.25) is 0 Å². The van der Waals surface area contributed by atoms with E-state index < -0.39 is 11.2 Å². The number of hydrogen-bond acceptors (Lipinski definition) is 4. The summed E-state index contributed by atoms with van der Waals surface area (Å²) in [6, 6.07) is 16.2. The second kappa shape index (κ2) is 8.93. The van der Waals surface area contributed by atoms with Crippen molar-refractivity contribution < 1.29 is 19.5 Å². The lowest BCUT2D eigenvalue weighted by Gasteiger charge is -2.35. The Labute approximate surface area is 168 Å². The van der Waals surface area contributed by atoms with Crippen molar-refractivity contribution in [3.8, 4) is 0 Å². The van der Waals surface area contributed by atoms with Crippen molar-refractivity contribution in [2.75, 3.05) is 26.2 Å². The van der Waals surface area contributed by atoms with E-state index >= 15 is 0 Å². The quantitative estimate of drug-likeness (QED) is 0.784. The van der Waals surface area contributed by atoms with Crippen LogP contribution in [0.1, 0.15) is 27.6 Å². The summed E-state index contributed by atoms with van der Waals surface area (Å²) in [7, 11) is 0. The fourth-order valence-corrected chi connectivity index (χ4v) is 3.95. The van der Waals surface area contributed by atoms with Crippen LogP contribution in [0.3, 0.4) is 0 Å². The fraction of sp³-hybridized carbons (Fsp3) is 0.286. The first-order valence-corrected chi connectivity index (χ1v) is 9.97. The highest BCUT2D eigenvalue weighted by Gasteiger charge is 2.27. The van der Waals surface area contributed by atoms with Gasteiger partial charge in [-0.25, -0.2) is 0 Å². The topological polar surface area (TPSA) is 77.9 Å². The van der Waals surface area contributed by atoms with Gasteiger partial charge < -0.3 is 14.9 Å². The number of rotatable bonds is 5. The molecule has 0 bridgehead atoms. The summed E-state index contributed by atoms with van der Waals surface area (Å²) >= 11 is 1.16. The molecule has 146 valence electrons. The molecule has 1 saturated heterocycles. The summed E-state index contributed by atoms with van der Waals surface area (Å²) < 4.78 is 0. The van der Waals surface area contributed by atoms with E-state index in [4.69, 9.17) is 5.11 Å². The zero-order chi connectivity index (χ0) is 20.1. The van der Waals surface area contributed by atoms with Crippen molar-refractivity contribution in [3.05, 3.63) is 65.7 Å². The Kier molecular flexibility index (Phi) is 6.36. The molecule has 3 rings (SSSR count). The summed E-state index contributed by atoms with van der Waals surface area (Å²) in [5, 5.41) is 8.50. The Hall–Kier alpha value is -2.80. The summed E-state index contributed by atoms with van der Waals surface area (Å²) in [5.41, 5.74) is 1.15. The Morgan fingerprint density at radius 1 is 0.857 bits per heavy atom. The van der Waals surface area contributed by atoms with Crippen LogP contribution in [-0.4, -0.2) is 64.1 Å². The van der Waals surface area contributed by atoms with Crippen molar-refractivity contribution in [1.82, 2.24) is 9.80 Å². The molecule has 2 aromatic rings. The molecule has 0 saturated carbocycles. The third-order valence-electron chi connectivity index (χ3n) is 4.64. The second-order valence-electron chi connectivity index (χ2n) is 6.54. The van der Waals surface area contributed by atoms with Gasteiger partial charge in [0.2, 0.25) is 0 Å². The lowest BCUT2D eigenvalue weighted by atomic mass is 10.1. The Balaban J connectivity index is 1.66. The number of carboxylic acids is 1. The van der Waals surface area contributed by atoms with E-state index in [9.17, 15) is 14.4 Å². The van der Waals surface area contributed by atoms with Crippen LogP contribution in [0, 0.1) is 0 Å². The molecule has 2 aromatic carbocycles. The molecule has 7 heteroatoms. The van der Waals surface area contributed by atoms with Gasteiger partial charge in [-0.3, -0.25) is 14.4 Å². The number of benzene rings is 2. The van der Waals surface area contributed by atoms with E-state index in [2.05, 4.69) is 0 Å². The van der Waals surface area contributed by atoms with E-state index in [0.717, 1.165) is 11.8 Å². The molecular weight excluding hydrogens is 376 g/mol. The van der Waals surface area contributed by atoms with Crippen LogP contribution in [0.5, 0.6) is 0 Å². The lowest BCUT2D eigenvalue weighted by Crippen LogP contribution is -2.50. The zero-order valence-corrected chi connectivity index (χ0v) is 16.4. The fourth-order valence-electron chi connectivity index (χ4n) is 3.03. The second-order valence-corrected chi connectivity index (χ2v) is 7.93. The van der Waals surface area contributed by atoms with Crippen molar-refractivity contribution in [3.63, 3.8) is 0 Å². The molecule has 0 radical (unpaired) electrons. The number of amides is 2. The molecule has 2 amide bonds. The summed E-state index contributed by atoms with van der Waals surface area (Å²) in [5.74, 6) is -1.08. The van der Waals surface area contributed by atoms with Gasteiger partial charge in [-0.1, -0.05) is 30.3 Å². The number of aliphatic carboxylic acids is 1. The highest BCUT2D eigenvalue weighted by molar-refractivity contribution is 8.00.